The lowest BCUT2D eigenvalue weighted by atomic mass is 10.1. The third-order valence-electron chi connectivity index (χ3n) is 2.75. The summed E-state index contributed by atoms with van der Waals surface area (Å²) in [7, 11) is 1.51. The van der Waals surface area contributed by atoms with Crippen LogP contribution < -0.4 is 14.2 Å². The van der Waals surface area contributed by atoms with E-state index in [9.17, 15) is 9.59 Å². The fourth-order valence-electron chi connectivity index (χ4n) is 1.77. The van der Waals surface area contributed by atoms with Gasteiger partial charge in [-0.1, -0.05) is 27.7 Å². The number of benzene rings is 1. The molecule has 0 aromatic heterocycles. The molecule has 5 nitrogen and oxygen atoms in total. The topological polar surface area (TPSA) is 61.8 Å². The van der Waals surface area contributed by atoms with E-state index in [0.717, 1.165) is 0 Å². The van der Waals surface area contributed by atoms with Gasteiger partial charge in [-0.15, -0.1) is 0 Å². The van der Waals surface area contributed by atoms with Crippen molar-refractivity contribution in [1.82, 2.24) is 0 Å². The fourth-order valence-corrected chi connectivity index (χ4v) is 1.77. The Morgan fingerprint density at radius 1 is 0.909 bits per heavy atom. The summed E-state index contributed by atoms with van der Waals surface area (Å²) < 4.78 is 15.7. The molecule has 22 heavy (non-hydrogen) atoms. The molecule has 0 radical (unpaired) electrons. The van der Waals surface area contributed by atoms with Gasteiger partial charge in [0.15, 0.2) is 11.5 Å². The van der Waals surface area contributed by atoms with Crippen molar-refractivity contribution in [2.75, 3.05) is 7.11 Å². The monoisotopic (exact) mass is 308 g/mol. The standard InChI is InChI=1S/C17H24O5/c1-11(2)8-16(18)21-14-7-6-13(20-5)10-15(14)22-17(19)9-12(3)4/h6-7,10-12H,8-9H2,1-5H3. The average Bonchev–Trinajstić information content (AvgIpc) is 2.38. The molecule has 1 aromatic rings. The Labute approximate surface area is 131 Å². The van der Waals surface area contributed by atoms with E-state index in [1.165, 1.54) is 13.2 Å². The Kier molecular flexibility index (Phi) is 6.89. The van der Waals surface area contributed by atoms with Crippen LogP contribution in [-0.4, -0.2) is 19.0 Å². The van der Waals surface area contributed by atoms with Gasteiger partial charge in [-0.25, -0.2) is 0 Å². The van der Waals surface area contributed by atoms with Crippen molar-refractivity contribution in [3.8, 4) is 17.2 Å². The molecule has 0 bridgehead atoms. The number of esters is 2. The molecule has 0 fully saturated rings. The van der Waals surface area contributed by atoms with Gasteiger partial charge in [0.2, 0.25) is 0 Å². The van der Waals surface area contributed by atoms with Crippen LogP contribution >= 0.6 is 0 Å². The van der Waals surface area contributed by atoms with E-state index < -0.39 is 0 Å². The van der Waals surface area contributed by atoms with Gasteiger partial charge < -0.3 is 14.2 Å². The van der Waals surface area contributed by atoms with Crippen LogP contribution in [0.5, 0.6) is 17.2 Å². The van der Waals surface area contributed by atoms with E-state index in [0.29, 0.717) is 12.2 Å². The first-order valence-electron chi connectivity index (χ1n) is 7.41. The van der Waals surface area contributed by atoms with Gasteiger partial charge in [-0.3, -0.25) is 9.59 Å². The van der Waals surface area contributed by atoms with Gasteiger partial charge in [0.05, 0.1) is 7.11 Å². The van der Waals surface area contributed by atoms with Crippen molar-refractivity contribution in [1.29, 1.82) is 0 Å². The number of hydrogen-bond acceptors (Lipinski definition) is 5. The molecule has 0 spiro atoms. The average molecular weight is 308 g/mol. The van der Waals surface area contributed by atoms with Gasteiger partial charge in [0, 0.05) is 18.9 Å². The predicted octanol–water partition coefficient (Wildman–Crippen LogP) is 3.60. The van der Waals surface area contributed by atoms with Crippen molar-refractivity contribution in [2.24, 2.45) is 11.8 Å². The SMILES string of the molecule is COc1ccc(OC(=O)CC(C)C)c(OC(=O)CC(C)C)c1. The minimum absolute atomic E-state index is 0.185. The van der Waals surface area contributed by atoms with Crippen LogP contribution in [0.25, 0.3) is 0 Å². The zero-order valence-electron chi connectivity index (χ0n) is 13.8. The Hall–Kier alpha value is -2.04. The van der Waals surface area contributed by atoms with Crippen LogP contribution in [0.1, 0.15) is 40.5 Å². The molecular formula is C17H24O5. The zero-order chi connectivity index (χ0) is 16.7. The van der Waals surface area contributed by atoms with Crippen molar-refractivity contribution >= 4 is 11.9 Å². The molecule has 0 heterocycles. The van der Waals surface area contributed by atoms with Crippen LogP contribution in [0, 0.1) is 11.8 Å². The molecule has 0 aliphatic heterocycles. The highest BCUT2D eigenvalue weighted by molar-refractivity contribution is 5.76. The van der Waals surface area contributed by atoms with Crippen molar-refractivity contribution in [3.05, 3.63) is 18.2 Å². The molecule has 122 valence electrons. The molecule has 1 aromatic carbocycles. The number of rotatable bonds is 7. The number of carbonyl (C=O) groups excluding carboxylic acids is 2. The maximum absolute atomic E-state index is 11.8. The Morgan fingerprint density at radius 2 is 1.41 bits per heavy atom. The third-order valence-corrected chi connectivity index (χ3v) is 2.75. The number of hydrogen-bond donors (Lipinski definition) is 0. The Balaban J connectivity index is 2.91. The maximum Gasteiger partial charge on any atom is 0.311 e. The predicted molar refractivity (Wildman–Crippen MR) is 83.2 cm³/mol. The molecule has 0 saturated carbocycles. The van der Waals surface area contributed by atoms with E-state index in [-0.39, 0.29) is 41.7 Å². The van der Waals surface area contributed by atoms with Crippen LogP contribution in [-0.2, 0) is 9.59 Å². The van der Waals surface area contributed by atoms with E-state index in [2.05, 4.69) is 0 Å². The normalized spacial score (nSPS) is 10.7. The summed E-state index contributed by atoms with van der Waals surface area (Å²) in [6.07, 6.45) is 0.585. The van der Waals surface area contributed by atoms with Crippen molar-refractivity contribution < 1.29 is 23.8 Å². The first kappa shape index (κ1) is 18.0. The molecule has 1 rings (SSSR count). The van der Waals surface area contributed by atoms with Gasteiger partial charge >= 0.3 is 11.9 Å². The van der Waals surface area contributed by atoms with Crippen molar-refractivity contribution in [2.45, 2.75) is 40.5 Å². The van der Waals surface area contributed by atoms with Gasteiger partial charge in [0.25, 0.3) is 0 Å². The third kappa shape index (κ3) is 6.16. The van der Waals surface area contributed by atoms with Crippen LogP contribution in [0.15, 0.2) is 18.2 Å². The second-order valence-corrected chi connectivity index (χ2v) is 5.96. The van der Waals surface area contributed by atoms with Crippen LogP contribution in [0.4, 0.5) is 0 Å². The highest BCUT2D eigenvalue weighted by Crippen LogP contribution is 2.32. The summed E-state index contributed by atoms with van der Waals surface area (Å²) in [5.41, 5.74) is 0. The quantitative estimate of drug-likeness (QED) is 0.569. The molecular weight excluding hydrogens is 284 g/mol. The van der Waals surface area contributed by atoms with Gasteiger partial charge in [-0.2, -0.15) is 0 Å². The highest BCUT2D eigenvalue weighted by Gasteiger charge is 2.16. The fraction of sp³-hybridized carbons (Fsp3) is 0.529. The molecule has 0 N–H and O–H groups in total. The summed E-state index contributed by atoms with van der Waals surface area (Å²) in [6, 6.07) is 4.75. The lowest BCUT2D eigenvalue weighted by Gasteiger charge is -2.13. The smallest absolute Gasteiger partial charge is 0.311 e. The second-order valence-electron chi connectivity index (χ2n) is 5.96. The second kappa shape index (κ2) is 8.41. The molecule has 0 aliphatic carbocycles. The van der Waals surface area contributed by atoms with E-state index in [4.69, 9.17) is 14.2 Å². The molecule has 0 amide bonds. The molecule has 0 unspecified atom stereocenters. The number of methoxy groups -OCH3 is 1. The first-order chi connectivity index (χ1) is 10.3. The lowest BCUT2D eigenvalue weighted by molar-refractivity contribution is -0.138. The van der Waals surface area contributed by atoms with E-state index in [1.54, 1.807) is 12.1 Å². The molecule has 5 heteroatoms. The lowest BCUT2D eigenvalue weighted by Crippen LogP contribution is -2.14. The summed E-state index contributed by atoms with van der Waals surface area (Å²) in [4.78, 5) is 23.6. The van der Waals surface area contributed by atoms with E-state index in [1.807, 2.05) is 27.7 Å². The van der Waals surface area contributed by atoms with E-state index >= 15 is 0 Å². The largest absolute Gasteiger partial charge is 0.497 e. The summed E-state index contributed by atoms with van der Waals surface area (Å²) in [6.45, 7) is 7.71. The molecule has 0 saturated heterocycles. The highest BCUT2D eigenvalue weighted by atomic mass is 16.6. The first-order valence-corrected chi connectivity index (χ1v) is 7.41. The summed E-state index contributed by atoms with van der Waals surface area (Å²) >= 11 is 0. The minimum Gasteiger partial charge on any atom is -0.497 e. The number of ether oxygens (including phenoxy) is 3. The number of carbonyl (C=O) groups is 2. The van der Waals surface area contributed by atoms with Gasteiger partial charge in [-0.05, 0) is 24.0 Å². The van der Waals surface area contributed by atoms with Crippen LogP contribution in [0.2, 0.25) is 0 Å². The minimum atomic E-state index is -0.371. The van der Waals surface area contributed by atoms with Crippen LogP contribution in [0.3, 0.4) is 0 Å². The van der Waals surface area contributed by atoms with Crippen molar-refractivity contribution in [3.63, 3.8) is 0 Å². The zero-order valence-corrected chi connectivity index (χ0v) is 13.8. The Bertz CT molecular complexity index is 520. The molecule has 0 aliphatic rings. The van der Waals surface area contributed by atoms with Gasteiger partial charge in [0.1, 0.15) is 5.75 Å². The Morgan fingerprint density at radius 3 is 1.86 bits per heavy atom. The molecule has 0 atom stereocenters. The summed E-state index contributed by atoms with van der Waals surface area (Å²) in [5.74, 6) is 0.593. The maximum atomic E-state index is 11.8. The summed E-state index contributed by atoms with van der Waals surface area (Å²) in [5, 5.41) is 0.